The van der Waals surface area contributed by atoms with Gasteiger partial charge in [-0.25, -0.2) is 0 Å². The van der Waals surface area contributed by atoms with Crippen molar-refractivity contribution in [3.63, 3.8) is 0 Å². The van der Waals surface area contributed by atoms with Crippen LogP contribution in [0, 0.1) is 23.7 Å². The molecule has 6 heteroatoms. The van der Waals surface area contributed by atoms with Gasteiger partial charge in [0, 0.05) is 0 Å². The van der Waals surface area contributed by atoms with Crippen molar-refractivity contribution in [1.29, 1.82) is 0 Å². The van der Waals surface area contributed by atoms with Crippen LogP contribution in [0.4, 0.5) is 13.2 Å². The molecule has 0 aromatic rings. The highest BCUT2D eigenvalue weighted by Crippen LogP contribution is 2.56. The minimum absolute atomic E-state index is 0.246. The molecule has 0 amide bonds. The van der Waals surface area contributed by atoms with Crippen LogP contribution in [0.2, 0.25) is 0 Å². The first-order valence-corrected chi connectivity index (χ1v) is 5.40. The molecular weight excluding hydrogens is 237 g/mol. The van der Waals surface area contributed by atoms with Gasteiger partial charge >= 0.3 is 18.1 Å². The number of allylic oxidation sites excluding steroid dienone is 2. The number of ether oxygens (including phenoxy) is 1. The minimum Gasteiger partial charge on any atom is -0.393 e. The van der Waals surface area contributed by atoms with Crippen molar-refractivity contribution in [3.05, 3.63) is 11.6 Å². The first-order chi connectivity index (χ1) is 7.87. The van der Waals surface area contributed by atoms with Gasteiger partial charge < -0.3 is 4.74 Å². The van der Waals surface area contributed by atoms with Crippen molar-refractivity contribution in [2.45, 2.75) is 19.0 Å². The van der Waals surface area contributed by atoms with Crippen molar-refractivity contribution in [2.75, 3.05) is 0 Å². The molecule has 1 saturated heterocycles. The third-order valence-electron chi connectivity index (χ3n) is 3.86. The average molecular weight is 246 g/mol. The first-order valence-electron chi connectivity index (χ1n) is 5.40. The van der Waals surface area contributed by atoms with E-state index in [9.17, 15) is 22.8 Å². The number of alkyl halides is 3. The van der Waals surface area contributed by atoms with Gasteiger partial charge in [0.1, 0.15) is 0 Å². The van der Waals surface area contributed by atoms with Crippen LogP contribution in [-0.4, -0.2) is 18.1 Å². The molecule has 0 aromatic carbocycles. The lowest BCUT2D eigenvalue weighted by Gasteiger charge is -2.21. The van der Waals surface area contributed by atoms with Crippen LogP contribution in [0.5, 0.6) is 0 Å². The Labute approximate surface area is 94.6 Å². The second-order valence-electron chi connectivity index (χ2n) is 4.83. The Morgan fingerprint density at radius 1 is 1.24 bits per heavy atom. The van der Waals surface area contributed by atoms with Gasteiger partial charge in [-0.3, -0.25) is 9.59 Å². The molecule has 0 N–H and O–H groups in total. The standard InChI is InChI=1S/C11H9F3O3/c12-11(13,14)3-5-1-4-2-6(5)8-7(4)9(15)17-10(8)16/h1,4,6-8H,2-3H2. The molecular formula is C11H9F3O3. The second-order valence-corrected chi connectivity index (χ2v) is 4.83. The molecule has 4 atom stereocenters. The topological polar surface area (TPSA) is 43.4 Å². The first kappa shape index (κ1) is 10.8. The van der Waals surface area contributed by atoms with Crippen molar-refractivity contribution in [1.82, 2.24) is 0 Å². The van der Waals surface area contributed by atoms with E-state index in [4.69, 9.17) is 0 Å². The highest BCUT2D eigenvalue weighted by molar-refractivity contribution is 5.98. The van der Waals surface area contributed by atoms with E-state index in [1.165, 1.54) is 6.08 Å². The predicted molar refractivity (Wildman–Crippen MR) is 48.4 cm³/mol. The van der Waals surface area contributed by atoms with E-state index in [0.717, 1.165) is 0 Å². The van der Waals surface area contributed by atoms with Crippen molar-refractivity contribution >= 4 is 11.9 Å². The van der Waals surface area contributed by atoms with Gasteiger partial charge in [-0.05, 0) is 18.3 Å². The summed E-state index contributed by atoms with van der Waals surface area (Å²) < 4.78 is 41.5. The Balaban J connectivity index is 1.88. The van der Waals surface area contributed by atoms with Crippen LogP contribution in [0.25, 0.3) is 0 Å². The zero-order chi connectivity index (χ0) is 12.4. The van der Waals surface area contributed by atoms with Gasteiger partial charge in [0.25, 0.3) is 0 Å². The third kappa shape index (κ3) is 1.50. The summed E-state index contributed by atoms with van der Waals surface area (Å²) in [4.78, 5) is 22.8. The molecule has 3 rings (SSSR count). The molecule has 0 radical (unpaired) electrons. The van der Waals surface area contributed by atoms with Crippen molar-refractivity contribution in [3.8, 4) is 0 Å². The van der Waals surface area contributed by atoms with Crippen LogP contribution < -0.4 is 0 Å². The summed E-state index contributed by atoms with van der Waals surface area (Å²) in [6.07, 6.45) is -3.27. The van der Waals surface area contributed by atoms with Crippen LogP contribution >= 0.6 is 0 Å². The number of cyclic esters (lactones) is 2. The predicted octanol–water partition coefficient (Wildman–Crippen LogP) is 1.83. The van der Waals surface area contributed by atoms with Gasteiger partial charge in [-0.15, -0.1) is 0 Å². The van der Waals surface area contributed by atoms with Crippen LogP contribution in [0.3, 0.4) is 0 Å². The van der Waals surface area contributed by atoms with Gasteiger partial charge in [0.2, 0.25) is 0 Å². The fourth-order valence-electron chi connectivity index (χ4n) is 3.34. The molecule has 0 spiro atoms. The lowest BCUT2D eigenvalue weighted by molar-refractivity contribution is -0.155. The molecule has 17 heavy (non-hydrogen) atoms. The van der Waals surface area contributed by atoms with Crippen LogP contribution in [0.15, 0.2) is 11.6 Å². The van der Waals surface area contributed by atoms with Crippen LogP contribution in [-0.2, 0) is 14.3 Å². The molecule has 1 aliphatic heterocycles. The fraction of sp³-hybridized carbons (Fsp3) is 0.636. The summed E-state index contributed by atoms with van der Waals surface area (Å²) in [5.41, 5.74) is 0.246. The summed E-state index contributed by atoms with van der Waals surface area (Å²) in [5.74, 6) is -3.14. The number of hydrogen-bond donors (Lipinski definition) is 0. The summed E-state index contributed by atoms with van der Waals surface area (Å²) in [5, 5.41) is 0. The number of carbonyl (C=O) groups is 2. The third-order valence-corrected chi connectivity index (χ3v) is 3.86. The lowest BCUT2D eigenvalue weighted by atomic mass is 9.80. The molecule has 4 unspecified atom stereocenters. The van der Waals surface area contributed by atoms with E-state index in [-0.39, 0.29) is 11.5 Å². The average Bonchev–Trinajstić information content (AvgIpc) is 2.76. The van der Waals surface area contributed by atoms with E-state index in [0.29, 0.717) is 6.42 Å². The number of halogens is 3. The largest absolute Gasteiger partial charge is 0.393 e. The number of hydrogen-bond acceptors (Lipinski definition) is 3. The Morgan fingerprint density at radius 3 is 2.53 bits per heavy atom. The summed E-state index contributed by atoms with van der Waals surface area (Å²) in [6, 6.07) is 0. The molecule has 2 fully saturated rings. The summed E-state index contributed by atoms with van der Waals surface area (Å²) in [7, 11) is 0. The van der Waals surface area contributed by atoms with Crippen molar-refractivity contribution < 1.29 is 27.5 Å². The van der Waals surface area contributed by atoms with Gasteiger partial charge in [0.15, 0.2) is 0 Å². The van der Waals surface area contributed by atoms with Crippen molar-refractivity contribution in [2.24, 2.45) is 23.7 Å². The fourth-order valence-corrected chi connectivity index (χ4v) is 3.34. The van der Waals surface area contributed by atoms with Crippen LogP contribution in [0.1, 0.15) is 12.8 Å². The zero-order valence-corrected chi connectivity index (χ0v) is 8.66. The monoisotopic (exact) mass is 246 g/mol. The zero-order valence-electron chi connectivity index (χ0n) is 8.66. The summed E-state index contributed by atoms with van der Waals surface area (Å²) >= 11 is 0. The Hall–Kier alpha value is -1.33. The normalized spacial score (nSPS) is 39.4. The Morgan fingerprint density at radius 2 is 1.88 bits per heavy atom. The molecule has 1 heterocycles. The highest BCUT2D eigenvalue weighted by atomic mass is 19.4. The lowest BCUT2D eigenvalue weighted by Crippen LogP contribution is -2.26. The van der Waals surface area contributed by atoms with E-state index < -0.39 is 42.3 Å². The SMILES string of the molecule is O=C1OC(=O)C2C3CC(C=C3CC(F)(F)F)C12. The van der Waals surface area contributed by atoms with E-state index >= 15 is 0 Å². The van der Waals surface area contributed by atoms with Gasteiger partial charge in [0.05, 0.1) is 18.3 Å². The molecule has 92 valence electrons. The maximum Gasteiger partial charge on any atom is 0.392 e. The molecule has 3 aliphatic rings. The maximum absolute atomic E-state index is 12.3. The van der Waals surface area contributed by atoms with E-state index in [1.54, 1.807) is 0 Å². The minimum atomic E-state index is -4.27. The Kier molecular flexibility index (Phi) is 1.98. The quantitative estimate of drug-likeness (QED) is 0.403. The second kappa shape index (κ2) is 3.11. The van der Waals surface area contributed by atoms with E-state index in [1.807, 2.05) is 0 Å². The Bertz CT molecular complexity index is 438. The number of fused-ring (bicyclic) bond motifs is 5. The number of carbonyl (C=O) groups excluding carboxylic acids is 2. The molecule has 3 nitrogen and oxygen atoms in total. The van der Waals surface area contributed by atoms with Gasteiger partial charge in [-0.1, -0.05) is 11.6 Å². The summed E-state index contributed by atoms with van der Waals surface area (Å²) in [6.45, 7) is 0. The number of rotatable bonds is 1. The highest BCUT2D eigenvalue weighted by Gasteiger charge is 2.60. The maximum atomic E-state index is 12.3. The smallest absolute Gasteiger partial charge is 0.392 e. The molecule has 2 aliphatic carbocycles. The van der Waals surface area contributed by atoms with Gasteiger partial charge in [-0.2, -0.15) is 13.2 Å². The van der Waals surface area contributed by atoms with E-state index in [2.05, 4.69) is 4.74 Å². The molecule has 0 aromatic heterocycles. The molecule has 1 saturated carbocycles. The molecule has 2 bridgehead atoms. The number of esters is 2.